The number of ketones is 2. The SMILES string of the molecule is Cc1ccc(C(=O)Cc2ccc(CC(=O)c3ccc(C)cc3C)cc2)c(C)c1. The van der Waals surface area contributed by atoms with Gasteiger partial charge >= 0.3 is 0 Å². The Balaban J connectivity index is 1.67. The van der Waals surface area contributed by atoms with Crippen LogP contribution in [0.2, 0.25) is 0 Å². The van der Waals surface area contributed by atoms with Crippen molar-refractivity contribution in [1.29, 1.82) is 0 Å². The molecule has 0 radical (unpaired) electrons. The lowest BCUT2D eigenvalue weighted by Gasteiger charge is -2.08. The zero-order chi connectivity index (χ0) is 20.3. The van der Waals surface area contributed by atoms with Crippen LogP contribution in [0.5, 0.6) is 0 Å². The highest BCUT2D eigenvalue weighted by atomic mass is 16.1. The summed E-state index contributed by atoms with van der Waals surface area (Å²) < 4.78 is 0. The molecule has 2 nitrogen and oxygen atoms in total. The second-order valence-corrected chi connectivity index (χ2v) is 7.65. The van der Waals surface area contributed by atoms with Crippen LogP contribution in [0.4, 0.5) is 0 Å². The Labute approximate surface area is 167 Å². The number of Topliss-reactive ketones (excluding diaryl/α,β-unsaturated/α-hetero) is 2. The Bertz CT molecular complexity index is 942. The van der Waals surface area contributed by atoms with Crippen LogP contribution < -0.4 is 0 Å². The van der Waals surface area contributed by atoms with Gasteiger partial charge in [0.2, 0.25) is 0 Å². The molecule has 0 fully saturated rings. The van der Waals surface area contributed by atoms with Crippen LogP contribution in [0.25, 0.3) is 0 Å². The monoisotopic (exact) mass is 370 g/mol. The minimum absolute atomic E-state index is 0.122. The number of carbonyl (C=O) groups excluding carboxylic acids is 2. The van der Waals surface area contributed by atoms with E-state index in [9.17, 15) is 9.59 Å². The molecule has 0 saturated heterocycles. The van der Waals surface area contributed by atoms with Crippen molar-refractivity contribution in [2.45, 2.75) is 40.5 Å². The number of aryl methyl sites for hydroxylation is 4. The maximum Gasteiger partial charge on any atom is 0.167 e. The van der Waals surface area contributed by atoms with Crippen LogP contribution >= 0.6 is 0 Å². The van der Waals surface area contributed by atoms with Crippen molar-refractivity contribution in [3.8, 4) is 0 Å². The Morgan fingerprint density at radius 2 is 0.929 bits per heavy atom. The predicted octanol–water partition coefficient (Wildman–Crippen LogP) is 5.77. The molecule has 0 heterocycles. The second-order valence-electron chi connectivity index (χ2n) is 7.65. The van der Waals surface area contributed by atoms with Gasteiger partial charge in [0, 0.05) is 24.0 Å². The van der Waals surface area contributed by atoms with Crippen LogP contribution in [-0.2, 0) is 12.8 Å². The Kier molecular flexibility index (Phi) is 5.89. The summed E-state index contributed by atoms with van der Waals surface area (Å²) in [6, 6.07) is 19.6. The Morgan fingerprint density at radius 3 is 1.25 bits per heavy atom. The van der Waals surface area contributed by atoms with Gasteiger partial charge in [0.05, 0.1) is 0 Å². The van der Waals surface area contributed by atoms with Crippen LogP contribution in [0.1, 0.15) is 54.1 Å². The van der Waals surface area contributed by atoms with E-state index in [1.807, 2.05) is 88.4 Å². The van der Waals surface area contributed by atoms with Crippen LogP contribution in [0, 0.1) is 27.7 Å². The van der Waals surface area contributed by atoms with E-state index in [4.69, 9.17) is 0 Å². The average Bonchev–Trinajstić information content (AvgIpc) is 2.63. The van der Waals surface area contributed by atoms with Gasteiger partial charge in [-0.05, 0) is 49.9 Å². The standard InChI is InChI=1S/C26H26O2/c1-17-5-11-23(19(3)13-17)25(27)15-21-7-9-22(10-8-21)16-26(28)24-12-6-18(2)14-20(24)4/h5-14H,15-16H2,1-4H3. The van der Waals surface area contributed by atoms with E-state index in [0.717, 1.165) is 44.5 Å². The van der Waals surface area contributed by atoms with Gasteiger partial charge in [-0.2, -0.15) is 0 Å². The number of carbonyl (C=O) groups is 2. The molecule has 142 valence electrons. The third kappa shape index (κ3) is 4.64. The van der Waals surface area contributed by atoms with E-state index in [-0.39, 0.29) is 11.6 Å². The molecule has 0 spiro atoms. The maximum absolute atomic E-state index is 12.6. The predicted molar refractivity (Wildman–Crippen MR) is 114 cm³/mol. The molecule has 0 saturated carbocycles. The van der Waals surface area contributed by atoms with Crippen LogP contribution in [0.15, 0.2) is 60.7 Å². The summed E-state index contributed by atoms with van der Waals surface area (Å²) in [5.74, 6) is 0.244. The molecule has 0 aliphatic rings. The van der Waals surface area contributed by atoms with E-state index in [1.165, 1.54) is 0 Å². The molecule has 3 aromatic rings. The van der Waals surface area contributed by atoms with Crippen molar-refractivity contribution < 1.29 is 9.59 Å². The van der Waals surface area contributed by atoms with Crippen molar-refractivity contribution >= 4 is 11.6 Å². The number of hydrogen-bond acceptors (Lipinski definition) is 2. The lowest BCUT2D eigenvalue weighted by Crippen LogP contribution is -2.07. The number of benzene rings is 3. The summed E-state index contributed by atoms with van der Waals surface area (Å²) in [6.07, 6.45) is 0.740. The van der Waals surface area contributed by atoms with Crippen molar-refractivity contribution in [3.63, 3.8) is 0 Å². The topological polar surface area (TPSA) is 34.1 Å². The molecule has 0 aliphatic heterocycles. The lowest BCUT2D eigenvalue weighted by atomic mass is 9.95. The van der Waals surface area contributed by atoms with E-state index in [1.54, 1.807) is 0 Å². The molecular formula is C26H26O2. The summed E-state index contributed by atoms with van der Waals surface area (Å²) in [6.45, 7) is 8.00. The Hall–Kier alpha value is -3.00. The van der Waals surface area contributed by atoms with Crippen molar-refractivity contribution in [1.82, 2.24) is 0 Å². The molecule has 0 N–H and O–H groups in total. The zero-order valence-electron chi connectivity index (χ0n) is 17.0. The van der Waals surface area contributed by atoms with Crippen LogP contribution in [0.3, 0.4) is 0 Å². The highest BCUT2D eigenvalue weighted by molar-refractivity contribution is 5.99. The number of rotatable bonds is 6. The Morgan fingerprint density at radius 1 is 0.571 bits per heavy atom. The largest absolute Gasteiger partial charge is 0.294 e. The van der Waals surface area contributed by atoms with Crippen molar-refractivity contribution in [2.24, 2.45) is 0 Å². The fourth-order valence-electron chi connectivity index (χ4n) is 3.59. The summed E-state index contributed by atoms with van der Waals surface area (Å²) in [5, 5.41) is 0. The van der Waals surface area contributed by atoms with Gasteiger partial charge in [-0.25, -0.2) is 0 Å². The van der Waals surface area contributed by atoms with E-state index < -0.39 is 0 Å². The molecule has 2 heteroatoms. The van der Waals surface area contributed by atoms with Crippen molar-refractivity contribution in [3.05, 3.63) is 105 Å². The lowest BCUT2D eigenvalue weighted by molar-refractivity contribution is 0.0983. The summed E-state index contributed by atoms with van der Waals surface area (Å²) in [7, 11) is 0. The van der Waals surface area contributed by atoms with Gasteiger partial charge in [-0.1, -0.05) is 71.8 Å². The van der Waals surface area contributed by atoms with E-state index >= 15 is 0 Å². The third-order valence-corrected chi connectivity index (χ3v) is 5.12. The molecular weight excluding hydrogens is 344 g/mol. The van der Waals surface area contributed by atoms with Crippen molar-refractivity contribution in [2.75, 3.05) is 0 Å². The average molecular weight is 370 g/mol. The smallest absolute Gasteiger partial charge is 0.167 e. The molecule has 0 atom stereocenters. The van der Waals surface area contributed by atoms with Gasteiger partial charge in [0.15, 0.2) is 11.6 Å². The first-order chi connectivity index (χ1) is 13.3. The first-order valence-corrected chi connectivity index (χ1v) is 9.62. The molecule has 0 unspecified atom stereocenters. The first-order valence-electron chi connectivity index (χ1n) is 9.62. The molecule has 0 amide bonds. The van der Waals surface area contributed by atoms with Gasteiger partial charge in [-0.3, -0.25) is 9.59 Å². The quantitative estimate of drug-likeness (QED) is 0.516. The molecule has 3 rings (SSSR count). The molecule has 28 heavy (non-hydrogen) atoms. The highest BCUT2D eigenvalue weighted by Gasteiger charge is 2.12. The van der Waals surface area contributed by atoms with Gasteiger partial charge in [0.25, 0.3) is 0 Å². The van der Waals surface area contributed by atoms with E-state index in [2.05, 4.69) is 0 Å². The fraction of sp³-hybridized carbons (Fsp3) is 0.231. The van der Waals surface area contributed by atoms with Gasteiger partial charge in [-0.15, -0.1) is 0 Å². The van der Waals surface area contributed by atoms with Gasteiger partial charge < -0.3 is 0 Å². The molecule has 0 aromatic heterocycles. The molecule has 0 bridgehead atoms. The third-order valence-electron chi connectivity index (χ3n) is 5.12. The van der Waals surface area contributed by atoms with E-state index in [0.29, 0.717) is 12.8 Å². The first kappa shape index (κ1) is 19.8. The normalized spacial score (nSPS) is 10.7. The molecule has 0 aliphatic carbocycles. The van der Waals surface area contributed by atoms with Crippen LogP contribution in [-0.4, -0.2) is 11.6 Å². The zero-order valence-corrected chi connectivity index (χ0v) is 17.0. The summed E-state index contributed by atoms with van der Waals surface area (Å²) in [5.41, 5.74) is 7.83. The maximum atomic E-state index is 12.6. The minimum Gasteiger partial charge on any atom is -0.294 e. The summed E-state index contributed by atoms with van der Waals surface area (Å²) in [4.78, 5) is 25.2. The molecule has 3 aromatic carbocycles. The second kappa shape index (κ2) is 8.35. The van der Waals surface area contributed by atoms with Gasteiger partial charge in [0.1, 0.15) is 0 Å². The summed E-state index contributed by atoms with van der Waals surface area (Å²) >= 11 is 0. The number of hydrogen-bond donors (Lipinski definition) is 0. The minimum atomic E-state index is 0.122. The fourth-order valence-corrected chi connectivity index (χ4v) is 3.59. The highest BCUT2D eigenvalue weighted by Crippen LogP contribution is 2.17.